The molecule has 3 heterocycles. The minimum atomic E-state index is 0.399. The zero-order valence-corrected chi connectivity index (χ0v) is 16.8. The average molecular weight is 373 g/mol. The molecule has 2 unspecified atom stereocenters. The molecule has 0 aromatic heterocycles. The molecule has 6 rings (SSSR count). The average Bonchev–Trinajstić information content (AvgIpc) is 3.29. The lowest BCUT2D eigenvalue weighted by Crippen LogP contribution is -2.59. The first-order valence-corrected chi connectivity index (χ1v) is 11.3. The molecule has 1 saturated carbocycles. The number of hydrogen-bond donors (Lipinski definition) is 0. The molecule has 0 amide bonds. The van der Waals surface area contributed by atoms with Gasteiger partial charge in [-0.2, -0.15) is 0 Å². The predicted molar refractivity (Wildman–Crippen MR) is 117 cm³/mol. The summed E-state index contributed by atoms with van der Waals surface area (Å²) in [6.07, 6.45) is 10.5. The van der Waals surface area contributed by atoms with Crippen LogP contribution < -0.4 is 0 Å². The molecule has 4 aliphatic rings. The minimum Gasteiger partial charge on any atom is -0.297 e. The first-order valence-electron chi connectivity index (χ1n) is 11.3. The van der Waals surface area contributed by atoms with Gasteiger partial charge in [0.25, 0.3) is 0 Å². The smallest absolute Gasteiger partial charge is 0.0689 e. The summed E-state index contributed by atoms with van der Waals surface area (Å²) in [7, 11) is 0. The highest BCUT2D eigenvalue weighted by atomic mass is 15.2. The van der Waals surface area contributed by atoms with Crippen LogP contribution in [0.4, 0.5) is 0 Å². The minimum absolute atomic E-state index is 0.399. The molecule has 1 aliphatic carbocycles. The number of rotatable bonds is 5. The van der Waals surface area contributed by atoms with Gasteiger partial charge in [-0.25, -0.2) is 0 Å². The Morgan fingerprint density at radius 3 is 1.93 bits per heavy atom. The van der Waals surface area contributed by atoms with Crippen LogP contribution in [0.2, 0.25) is 0 Å². The van der Waals surface area contributed by atoms with E-state index in [1.54, 1.807) is 0 Å². The van der Waals surface area contributed by atoms with E-state index in [4.69, 9.17) is 4.99 Å². The largest absolute Gasteiger partial charge is 0.297 e. The second kappa shape index (κ2) is 8.21. The lowest BCUT2D eigenvalue weighted by molar-refractivity contribution is 0.0214. The van der Waals surface area contributed by atoms with Crippen molar-refractivity contribution in [2.75, 3.05) is 13.1 Å². The second-order valence-electron chi connectivity index (χ2n) is 9.00. The van der Waals surface area contributed by atoms with Gasteiger partial charge in [0.15, 0.2) is 0 Å². The van der Waals surface area contributed by atoms with E-state index in [-0.39, 0.29) is 0 Å². The molecule has 4 fully saturated rings. The summed E-state index contributed by atoms with van der Waals surface area (Å²) in [5, 5.41) is 0. The van der Waals surface area contributed by atoms with Gasteiger partial charge in [0.1, 0.15) is 0 Å². The van der Waals surface area contributed by atoms with Gasteiger partial charge in [0, 0.05) is 18.2 Å². The van der Waals surface area contributed by atoms with Crippen molar-refractivity contribution in [3.63, 3.8) is 0 Å². The molecule has 0 spiro atoms. The number of piperidine rings is 3. The van der Waals surface area contributed by atoms with E-state index in [2.05, 4.69) is 71.8 Å². The van der Waals surface area contributed by atoms with Gasteiger partial charge in [-0.15, -0.1) is 0 Å². The molecular weight excluding hydrogens is 340 g/mol. The van der Waals surface area contributed by atoms with E-state index in [1.165, 1.54) is 62.7 Å². The quantitative estimate of drug-likeness (QED) is 0.629. The normalized spacial score (nSPS) is 30.5. The number of hydrogen-bond acceptors (Lipinski definition) is 2. The Hall–Kier alpha value is -1.93. The number of nitrogens with zero attached hydrogens (tertiary/aromatic N) is 2. The van der Waals surface area contributed by atoms with Crippen LogP contribution in [0, 0.1) is 11.8 Å². The highest BCUT2D eigenvalue weighted by Gasteiger charge is 2.46. The molecule has 28 heavy (non-hydrogen) atoms. The summed E-state index contributed by atoms with van der Waals surface area (Å²) >= 11 is 0. The van der Waals surface area contributed by atoms with Gasteiger partial charge in [-0.1, -0.05) is 73.5 Å². The third-order valence-electron chi connectivity index (χ3n) is 7.36. The monoisotopic (exact) mass is 372 g/mol. The van der Waals surface area contributed by atoms with Crippen LogP contribution >= 0.6 is 0 Å². The fourth-order valence-corrected chi connectivity index (χ4v) is 5.91. The Morgan fingerprint density at radius 2 is 1.36 bits per heavy atom. The summed E-state index contributed by atoms with van der Waals surface area (Å²) in [4.78, 5) is 8.09. The van der Waals surface area contributed by atoms with Crippen molar-refractivity contribution >= 4 is 6.21 Å². The van der Waals surface area contributed by atoms with Gasteiger partial charge >= 0.3 is 0 Å². The van der Waals surface area contributed by atoms with Gasteiger partial charge in [-0.05, 0) is 61.7 Å². The standard InChI is InChI=1S/C26H32N2/c1-3-11-21(12-4-1)24(22-13-5-2-6-14-22)26-25(23-15-17-28(26)18-16-23)27-19-20-9-7-8-10-20/h1-6,11-14,19-20,23-26H,7-10,15-18H2. The molecule has 2 aromatic carbocycles. The third kappa shape index (κ3) is 3.55. The summed E-state index contributed by atoms with van der Waals surface area (Å²) in [6.45, 7) is 2.47. The highest BCUT2D eigenvalue weighted by Crippen LogP contribution is 2.43. The zero-order chi connectivity index (χ0) is 18.8. The molecule has 146 valence electrons. The summed E-state index contributed by atoms with van der Waals surface area (Å²) in [6, 6.07) is 23.2. The second-order valence-corrected chi connectivity index (χ2v) is 9.00. The number of aliphatic imine (C=N–C) groups is 1. The summed E-state index contributed by atoms with van der Waals surface area (Å²) in [5.74, 6) is 1.88. The van der Waals surface area contributed by atoms with Crippen molar-refractivity contribution in [1.82, 2.24) is 4.90 Å². The topological polar surface area (TPSA) is 15.6 Å². The maximum atomic E-state index is 5.33. The first kappa shape index (κ1) is 18.1. The fourth-order valence-electron chi connectivity index (χ4n) is 5.91. The molecule has 2 atom stereocenters. The molecule has 2 aromatic rings. The van der Waals surface area contributed by atoms with E-state index < -0.39 is 0 Å². The van der Waals surface area contributed by atoms with Crippen LogP contribution in [0.1, 0.15) is 55.6 Å². The highest BCUT2D eigenvalue weighted by molar-refractivity contribution is 5.61. The maximum Gasteiger partial charge on any atom is 0.0689 e. The predicted octanol–water partition coefficient (Wildman–Crippen LogP) is 5.54. The van der Waals surface area contributed by atoms with Crippen molar-refractivity contribution in [1.29, 1.82) is 0 Å². The Kier molecular flexibility index (Phi) is 5.31. The van der Waals surface area contributed by atoms with E-state index in [9.17, 15) is 0 Å². The van der Waals surface area contributed by atoms with Crippen molar-refractivity contribution in [2.45, 2.75) is 56.5 Å². The lowest BCUT2D eigenvalue weighted by Gasteiger charge is -2.52. The molecule has 2 heteroatoms. The molecule has 2 bridgehead atoms. The Labute approximate surface area is 169 Å². The number of benzene rings is 2. The maximum absolute atomic E-state index is 5.33. The van der Waals surface area contributed by atoms with Crippen molar-refractivity contribution in [3.8, 4) is 0 Å². The molecule has 3 aliphatic heterocycles. The molecule has 0 radical (unpaired) electrons. The van der Waals surface area contributed by atoms with Gasteiger partial charge in [-0.3, -0.25) is 9.89 Å². The molecule has 0 N–H and O–H groups in total. The SMILES string of the molecule is C(=NC1C2CCN(CC2)C1C(c1ccccc1)c1ccccc1)C1CCCC1. The summed E-state index contributed by atoms with van der Waals surface area (Å²) in [5.41, 5.74) is 2.87. The van der Waals surface area contributed by atoms with E-state index in [1.807, 2.05) is 0 Å². The fraction of sp³-hybridized carbons (Fsp3) is 0.500. The van der Waals surface area contributed by atoms with Crippen molar-refractivity contribution < 1.29 is 0 Å². The lowest BCUT2D eigenvalue weighted by atomic mass is 9.71. The van der Waals surface area contributed by atoms with Gasteiger partial charge in [0.05, 0.1) is 6.04 Å². The van der Waals surface area contributed by atoms with E-state index in [0.29, 0.717) is 18.0 Å². The van der Waals surface area contributed by atoms with Gasteiger partial charge in [0.2, 0.25) is 0 Å². The molecular formula is C26H32N2. The Bertz CT molecular complexity index is 731. The van der Waals surface area contributed by atoms with Crippen molar-refractivity contribution in [2.24, 2.45) is 16.8 Å². The van der Waals surface area contributed by atoms with Crippen LogP contribution in [0.5, 0.6) is 0 Å². The Balaban J connectivity index is 1.53. The van der Waals surface area contributed by atoms with Gasteiger partial charge < -0.3 is 0 Å². The molecule has 3 saturated heterocycles. The van der Waals surface area contributed by atoms with E-state index in [0.717, 1.165) is 11.8 Å². The molecule has 2 nitrogen and oxygen atoms in total. The van der Waals surface area contributed by atoms with Crippen LogP contribution in [0.15, 0.2) is 65.7 Å². The first-order chi connectivity index (χ1) is 13.9. The van der Waals surface area contributed by atoms with Crippen molar-refractivity contribution in [3.05, 3.63) is 71.8 Å². The van der Waals surface area contributed by atoms with Crippen LogP contribution in [-0.4, -0.2) is 36.3 Å². The van der Waals surface area contributed by atoms with Crippen LogP contribution in [0.25, 0.3) is 0 Å². The van der Waals surface area contributed by atoms with Crippen LogP contribution in [-0.2, 0) is 0 Å². The van der Waals surface area contributed by atoms with Crippen LogP contribution in [0.3, 0.4) is 0 Å². The Morgan fingerprint density at radius 1 is 0.786 bits per heavy atom. The number of fused-ring (bicyclic) bond motifs is 3. The zero-order valence-electron chi connectivity index (χ0n) is 16.8. The van der Waals surface area contributed by atoms with E-state index >= 15 is 0 Å². The third-order valence-corrected chi connectivity index (χ3v) is 7.36. The summed E-state index contributed by atoms with van der Waals surface area (Å²) < 4.78 is 0.